The Balaban J connectivity index is 1.48. The molecule has 0 bridgehead atoms. The topological polar surface area (TPSA) is 91.6 Å². The van der Waals surface area contributed by atoms with Crippen molar-refractivity contribution in [2.45, 2.75) is 37.8 Å². The zero-order chi connectivity index (χ0) is 22.5. The number of fused-ring (bicyclic) bond motifs is 3. The third-order valence-corrected chi connectivity index (χ3v) is 6.44. The number of aryl methyl sites for hydroxylation is 1. The van der Waals surface area contributed by atoms with Crippen LogP contribution in [0.1, 0.15) is 36.9 Å². The van der Waals surface area contributed by atoms with E-state index in [9.17, 15) is 14.4 Å². The fourth-order valence-corrected chi connectivity index (χ4v) is 4.69. The second-order valence-electron chi connectivity index (χ2n) is 8.82. The van der Waals surface area contributed by atoms with E-state index in [2.05, 4.69) is 12.2 Å². The minimum Gasteiger partial charge on any atom is -0.490 e. The smallest absolute Gasteiger partial charge is 0.329 e. The van der Waals surface area contributed by atoms with E-state index in [1.807, 2.05) is 42.5 Å². The van der Waals surface area contributed by atoms with Crippen molar-refractivity contribution >= 4 is 22.8 Å². The molecule has 2 amide bonds. The number of imide groups is 1. The second-order valence-corrected chi connectivity index (χ2v) is 8.82. The summed E-state index contributed by atoms with van der Waals surface area (Å²) in [5, 5.41) is 2.34. The Morgan fingerprint density at radius 2 is 1.94 bits per heavy atom. The maximum Gasteiger partial charge on any atom is 0.329 e. The van der Waals surface area contributed by atoms with Crippen LogP contribution in [-0.4, -0.2) is 34.2 Å². The Hall–Kier alpha value is -3.39. The highest BCUT2D eigenvalue weighted by atomic mass is 16.5. The van der Waals surface area contributed by atoms with Crippen LogP contribution in [-0.2, 0) is 33.4 Å². The molecular formula is C24H25N3O5. The molecule has 0 saturated carbocycles. The third kappa shape index (κ3) is 3.22. The van der Waals surface area contributed by atoms with Crippen molar-refractivity contribution in [3.63, 3.8) is 0 Å². The largest absolute Gasteiger partial charge is 0.490 e. The first-order valence-corrected chi connectivity index (χ1v) is 10.7. The first-order chi connectivity index (χ1) is 15.4. The summed E-state index contributed by atoms with van der Waals surface area (Å²) >= 11 is 0. The maximum atomic E-state index is 13.1. The lowest BCUT2D eigenvalue weighted by Gasteiger charge is -2.23. The predicted molar refractivity (Wildman–Crippen MR) is 118 cm³/mol. The highest BCUT2D eigenvalue weighted by molar-refractivity contribution is 6.00. The molecule has 0 radical (unpaired) electrons. The number of benzene rings is 2. The molecule has 2 aromatic carbocycles. The van der Waals surface area contributed by atoms with Crippen LogP contribution in [0.3, 0.4) is 0 Å². The fraction of sp³-hybridized carbons (Fsp3) is 0.375. The van der Waals surface area contributed by atoms with Gasteiger partial charge in [-0.2, -0.15) is 0 Å². The van der Waals surface area contributed by atoms with E-state index >= 15 is 0 Å². The van der Waals surface area contributed by atoms with Crippen LogP contribution in [0.4, 0.5) is 0 Å². The first kappa shape index (κ1) is 20.5. The summed E-state index contributed by atoms with van der Waals surface area (Å²) in [6.07, 6.45) is 0.504. The van der Waals surface area contributed by atoms with Crippen LogP contribution < -0.4 is 15.7 Å². The molecule has 2 atom stereocenters. The normalized spacial score (nSPS) is 22.6. The van der Waals surface area contributed by atoms with Crippen molar-refractivity contribution in [3.05, 3.63) is 64.1 Å². The summed E-state index contributed by atoms with van der Waals surface area (Å²) in [7, 11) is 1.68. The number of amides is 2. The molecule has 0 spiro atoms. The van der Waals surface area contributed by atoms with Gasteiger partial charge in [-0.25, -0.2) is 4.79 Å². The molecule has 32 heavy (non-hydrogen) atoms. The van der Waals surface area contributed by atoms with Crippen LogP contribution in [0.5, 0.6) is 5.75 Å². The average molecular weight is 435 g/mol. The molecule has 1 fully saturated rings. The van der Waals surface area contributed by atoms with E-state index < -0.39 is 11.9 Å². The Morgan fingerprint density at radius 1 is 1.16 bits per heavy atom. The van der Waals surface area contributed by atoms with E-state index in [1.165, 1.54) is 9.13 Å². The van der Waals surface area contributed by atoms with Crippen molar-refractivity contribution in [2.75, 3.05) is 13.2 Å². The summed E-state index contributed by atoms with van der Waals surface area (Å²) in [5.41, 5.74) is 2.71. The van der Waals surface area contributed by atoms with Crippen molar-refractivity contribution < 1.29 is 19.1 Å². The molecule has 166 valence electrons. The summed E-state index contributed by atoms with van der Waals surface area (Å²) in [4.78, 5) is 37.1. The van der Waals surface area contributed by atoms with Crippen LogP contribution in [0, 0.1) is 0 Å². The lowest BCUT2D eigenvalue weighted by atomic mass is 9.85. The number of rotatable bonds is 5. The number of nitrogens with one attached hydrogen (secondary N) is 1. The van der Waals surface area contributed by atoms with Crippen LogP contribution >= 0.6 is 0 Å². The number of aromatic nitrogens is 2. The van der Waals surface area contributed by atoms with Gasteiger partial charge in [0, 0.05) is 19.0 Å². The predicted octanol–water partition coefficient (Wildman–Crippen LogP) is 2.18. The molecule has 1 N–H and O–H groups in total. The number of nitrogens with zero attached hydrogens (tertiary/aromatic N) is 2. The number of ether oxygens (including phenoxy) is 2. The van der Waals surface area contributed by atoms with Gasteiger partial charge in [0.15, 0.2) is 0 Å². The Morgan fingerprint density at radius 3 is 2.69 bits per heavy atom. The highest BCUT2D eigenvalue weighted by Crippen LogP contribution is 2.43. The summed E-state index contributed by atoms with van der Waals surface area (Å²) < 4.78 is 15.1. The molecule has 5 rings (SSSR count). The van der Waals surface area contributed by atoms with E-state index in [1.54, 1.807) is 7.05 Å². The number of carbonyl (C=O) groups is 2. The van der Waals surface area contributed by atoms with Crippen molar-refractivity contribution in [1.82, 2.24) is 14.5 Å². The van der Waals surface area contributed by atoms with Gasteiger partial charge in [0.05, 0.1) is 24.1 Å². The average Bonchev–Trinajstić information content (AvgIpc) is 3.24. The third-order valence-electron chi connectivity index (χ3n) is 6.44. The van der Waals surface area contributed by atoms with Gasteiger partial charge in [0.25, 0.3) is 0 Å². The van der Waals surface area contributed by atoms with Crippen molar-refractivity contribution in [3.8, 4) is 5.75 Å². The number of imidazole rings is 1. The van der Waals surface area contributed by atoms with Gasteiger partial charge in [-0.05, 0) is 25.0 Å². The van der Waals surface area contributed by atoms with Crippen LogP contribution in [0.25, 0.3) is 11.0 Å². The van der Waals surface area contributed by atoms with Crippen LogP contribution in [0.2, 0.25) is 0 Å². The molecular weight excluding hydrogens is 410 g/mol. The monoisotopic (exact) mass is 435 g/mol. The molecule has 1 saturated heterocycles. The standard InChI is InChI=1S/C24H25N3O5/c1-24(13-31-12-15-6-4-3-5-7-15)14-32-21-16(24)8-9-17-20(21)26(2)23(30)27(17)18-10-11-19(28)25-22(18)29/h3-9,18H,10-14H2,1-2H3,(H,25,28,29). The summed E-state index contributed by atoms with van der Waals surface area (Å²) in [6.45, 7) is 3.51. The second kappa shape index (κ2) is 7.63. The van der Waals surface area contributed by atoms with E-state index in [-0.39, 0.29) is 23.4 Å². The van der Waals surface area contributed by atoms with E-state index in [0.29, 0.717) is 43.0 Å². The molecule has 2 aliphatic heterocycles. The fourth-order valence-electron chi connectivity index (χ4n) is 4.69. The number of carbonyl (C=O) groups excluding carboxylic acids is 2. The van der Waals surface area contributed by atoms with Gasteiger partial charge >= 0.3 is 5.69 Å². The van der Waals surface area contributed by atoms with Gasteiger partial charge < -0.3 is 9.47 Å². The van der Waals surface area contributed by atoms with Gasteiger partial charge in [-0.3, -0.25) is 24.0 Å². The zero-order valence-corrected chi connectivity index (χ0v) is 18.1. The molecule has 8 nitrogen and oxygen atoms in total. The Kier molecular flexibility index (Phi) is 4.89. The minimum atomic E-state index is -0.719. The minimum absolute atomic E-state index is 0.206. The van der Waals surface area contributed by atoms with Gasteiger partial charge in [-0.15, -0.1) is 0 Å². The molecule has 8 heteroatoms. The maximum absolute atomic E-state index is 13.1. The van der Waals surface area contributed by atoms with Crippen LogP contribution in [0.15, 0.2) is 47.3 Å². The summed E-state index contributed by atoms with van der Waals surface area (Å²) in [5.74, 6) is -0.106. The summed E-state index contributed by atoms with van der Waals surface area (Å²) in [6, 6.07) is 13.1. The van der Waals surface area contributed by atoms with Crippen molar-refractivity contribution in [2.24, 2.45) is 7.05 Å². The molecule has 3 aromatic rings. The molecule has 2 unspecified atom stereocenters. The van der Waals surface area contributed by atoms with Gasteiger partial charge in [0.1, 0.15) is 23.9 Å². The lowest BCUT2D eigenvalue weighted by Crippen LogP contribution is -2.44. The first-order valence-electron chi connectivity index (χ1n) is 10.7. The zero-order valence-electron chi connectivity index (χ0n) is 18.1. The SMILES string of the molecule is Cn1c(=O)n(C2CCC(=O)NC2=O)c2ccc3c(c21)OCC3(C)COCc1ccccc1. The number of piperidine rings is 1. The molecule has 3 heterocycles. The van der Waals surface area contributed by atoms with E-state index in [4.69, 9.17) is 9.47 Å². The van der Waals surface area contributed by atoms with E-state index in [0.717, 1.165) is 11.1 Å². The van der Waals surface area contributed by atoms with Gasteiger partial charge in [0.2, 0.25) is 11.8 Å². The Bertz CT molecular complexity index is 1280. The quantitative estimate of drug-likeness (QED) is 0.621. The molecule has 2 aliphatic rings. The van der Waals surface area contributed by atoms with Gasteiger partial charge in [-0.1, -0.05) is 36.4 Å². The molecule has 0 aliphatic carbocycles. The molecule has 1 aromatic heterocycles. The Labute approximate surface area is 184 Å². The number of hydrogen-bond donors (Lipinski definition) is 1. The lowest BCUT2D eigenvalue weighted by molar-refractivity contribution is -0.135. The van der Waals surface area contributed by atoms with Crippen molar-refractivity contribution in [1.29, 1.82) is 0 Å². The number of hydrogen-bond acceptors (Lipinski definition) is 5. The highest BCUT2D eigenvalue weighted by Gasteiger charge is 2.40.